The van der Waals surface area contributed by atoms with Gasteiger partial charge in [0, 0.05) is 33.3 Å². The van der Waals surface area contributed by atoms with Crippen molar-refractivity contribution in [3.8, 4) is 0 Å². The van der Waals surface area contributed by atoms with Gasteiger partial charge in [0.2, 0.25) is 0 Å². The first-order chi connectivity index (χ1) is 8.08. The van der Waals surface area contributed by atoms with E-state index >= 15 is 0 Å². The molecule has 0 spiro atoms. The van der Waals surface area contributed by atoms with Crippen molar-refractivity contribution in [1.82, 2.24) is 9.78 Å². The number of hydrogen-bond donors (Lipinski definition) is 1. The second kappa shape index (κ2) is 6.36. The Morgan fingerprint density at radius 1 is 1.59 bits per heavy atom. The molecule has 1 aromatic heterocycles. The van der Waals surface area contributed by atoms with E-state index in [1.807, 2.05) is 25.9 Å². The van der Waals surface area contributed by atoms with Crippen LogP contribution < -0.4 is 16.2 Å². The van der Waals surface area contributed by atoms with Crippen molar-refractivity contribution in [1.29, 1.82) is 0 Å². The van der Waals surface area contributed by atoms with E-state index in [1.165, 1.54) is 4.68 Å². The Labute approximate surface area is 101 Å². The molecular weight excluding hydrogens is 220 g/mol. The summed E-state index contributed by atoms with van der Waals surface area (Å²) in [5.41, 5.74) is 6.20. The molecule has 0 aromatic carbocycles. The minimum absolute atomic E-state index is 0.144. The lowest BCUT2D eigenvalue weighted by atomic mass is 10.3. The fraction of sp³-hybridized carbons (Fsp3) is 0.636. The highest BCUT2D eigenvalue weighted by atomic mass is 16.5. The van der Waals surface area contributed by atoms with Crippen LogP contribution in [0.25, 0.3) is 0 Å². The van der Waals surface area contributed by atoms with E-state index in [0.717, 1.165) is 5.69 Å². The van der Waals surface area contributed by atoms with Crippen molar-refractivity contribution in [3.05, 3.63) is 22.6 Å². The minimum atomic E-state index is -0.171. The maximum Gasteiger partial charge on any atom is 0.268 e. The Balaban J connectivity index is 2.82. The first-order valence-electron chi connectivity index (χ1n) is 5.64. The van der Waals surface area contributed by atoms with E-state index in [2.05, 4.69) is 5.10 Å². The molecule has 17 heavy (non-hydrogen) atoms. The molecule has 1 atom stereocenters. The number of ether oxygens (including phenoxy) is 1. The highest BCUT2D eigenvalue weighted by Crippen LogP contribution is 2.03. The molecule has 6 nitrogen and oxygen atoms in total. The fourth-order valence-corrected chi connectivity index (χ4v) is 1.43. The predicted octanol–water partition coefficient (Wildman–Crippen LogP) is -0.327. The molecule has 96 valence electrons. The molecular formula is C11H20N4O2. The normalized spacial score (nSPS) is 12.5. The summed E-state index contributed by atoms with van der Waals surface area (Å²) in [6.45, 7) is 3.23. The third kappa shape index (κ3) is 3.83. The topological polar surface area (TPSA) is 73.4 Å². The summed E-state index contributed by atoms with van der Waals surface area (Å²) < 4.78 is 6.77. The Hall–Kier alpha value is -1.40. The average Bonchev–Trinajstić information content (AvgIpc) is 2.30. The van der Waals surface area contributed by atoms with Crippen molar-refractivity contribution in [2.45, 2.75) is 19.6 Å². The van der Waals surface area contributed by atoms with Gasteiger partial charge in [-0.25, -0.2) is 4.68 Å². The summed E-state index contributed by atoms with van der Waals surface area (Å²) in [5, 5.41) is 4.10. The van der Waals surface area contributed by atoms with Crippen LogP contribution in [0.15, 0.2) is 17.1 Å². The zero-order valence-electron chi connectivity index (χ0n) is 10.6. The van der Waals surface area contributed by atoms with Crippen LogP contribution in [0, 0.1) is 0 Å². The molecule has 1 aromatic rings. The summed E-state index contributed by atoms with van der Waals surface area (Å²) in [4.78, 5) is 13.6. The van der Waals surface area contributed by atoms with E-state index in [9.17, 15) is 4.79 Å². The van der Waals surface area contributed by atoms with E-state index < -0.39 is 0 Å². The standard InChI is InChI=1S/C11H20N4O2/c1-4-17-10(6-12)8-15-11(16)5-9(7-13-15)14(2)3/h5,7,10H,4,6,8,12H2,1-3H3. The van der Waals surface area contributed by atoms with Gasteiger partial charge in [-0.15, -0.1) is 0 Å². The van der Waals surface area contributed by atoms with Gasteiger partial charge in [-0.05, 0) is 6.92 Å². The van der Waals surface area contributed by atoms with Crippen LogP contribution >= 0.6 is 0 Å². The van der Waals surface area contributed by atoms with E-state index in [0.29, 0.717) is 19.7 Å². The molecule has 0 bridgehead atoms. The first-order valence-corrected chi connectivity index (χ1v) is 5.64. The molecule has 0 amide bonds. The number of rotatable bonds is 6. The highest BCUT2D eigenvalue weighted by Gasteiger charge is 2.09. The van der Waals surface area contributed by atoms with Crippen LogP contribution in [0.1, 0.15) is 6.92 Å². The number of aromatic nitrogens is 2. The number of hydrogen-bond acceptors (Lipinski definition) is 5. The molecule has 0 saturated carbocycles. The summed E-state index contributed by atoms with van der Waals surface area (Å²) in [6, 6.07) is 1.55. The third-order valence-corrected chi connectivity index (χ3v) is 2.41. The molecule has 0 saturated heterocycles. The van der Waals surface area contributed by atoms with Crippen molar-refractivity contribution in [2.24, 2.45) is 5.73 Å². The summed E-state index contributed by atoms with van der Waals surface area (Å²) in [5.74, 6) is 0. The van der Waals surface area contributed by atoms with Gasteiger partial charge in [0.05, 0.1) is 24.5 Å². The maximum absolute atomic E-state index is 11.8. The number of nitrogens with zero attached hydrogens (tertiary/aromatic N) is 3. The van der Waals surface area contributed by atoms with Gasteiger partial charge in [0.1, 0.15) is 0 Å². The van der Waals surface area contributed by atoms with E-state index in [-0.39, 0.29) is 11.7 Å². The smallest absolute Gasteiger partial charge is 0.268 e. The van der Waals surface area contributed by atoms with Crippen LogP contribution in [-0.2, 0) is 11.3 Å². The van der Waals surface area contributed by atoms with Crippen LogP contribution in [0.5, 0.6) is 0 Å². The molecule has 1 unspecified atom stereocenters. The third-order valence-electron chi connectivity index (χ3n) is 2.41. The summed E-state index contributed by atoms with van der Waals surface area (Å²) >= 11 is 0. The lowest BCUT2D eigenvalue weighted by Gasteiger charge is -2.16. The van der Waals surface area contributed by atoms with Gasteiger partial charge < -0.3 is 15.4 Å². The minimum Gasteiger partial charge on any atom is -0.376 e. The maximum atomic E-state index is 11.8. The number of nitrogens with two attached hydrogens (primary N) is 1. The van der Waals surface area contributed by atoms with Gasteiger partial charge in [-0.3, -0.25) is 4.79 Å². The number of anilines is 1. The highest BCUT2D eigenvalue weighted by molar-refractivity contribution is 5.40. The second-order valence-electron chi connectivity index (χ2n) is 3.94. The van der Waals surface area contributed by atoms with Gasteiger partial charge in [-0.1, -0.05) is 0 Å². The first kappa shape index (κ1) is 13.7. The zero-order chi connectivity index (χ0) is 12.8. The van der Waals surface area contributed by atoms with Gasteiger partial charge >= 0.3 is 0 Å². The zero-order valence-corrected chi connectivity index (χ0v) is 10.6. The fourth-order valence-electron chi connectivity index (χ4n) is 1.43. The van der Waals surface area contributed by atoms with Crippen LogP contribution in [0.4, 0.5) is 5.69 Å². The van der Waals surface area contributed by atoms with Gasteiger partial charge in [0.25, 0.3) is 5.56 Å². The largest absolute Gasteiger partial charge is 0.376 e. The Bertz CT molecular complexity index is 403. The van der Waals surface area contributed by atoms with Crippen molar-refractivity contribution in [3.63, 3.8) is 0 Å². The van der Waals surface area contributed by atoms with E-state index in [4.69, 9.17) is 10.5 Å². The van der Waals surface area contributed by atoms with Crippen molar-refractivity contribution in [2.75, 3.05) is 32.1 Å². The second-order valence-corrected chi connectivity index (χ2v) is 3.94. The van der Waals surface area contributed by atoms with E-state index in [1.54, 1.807) is 12.3 Å². The molecule has 0 aliphatic heterocycles. The quantitative estimate of drug-likeness (QED) is 0.737. The van der Waals surface area contributed by atoms with Gasteiger partial charge in [0.15, 0.2) is 0 Å². The molecule has 1 heterocycles. The van der Waals surface area contributed by atoms with Crippen LogP contribution in [-0.4, -0.2) is 43.1 Å². The molecule has 2 N–H and O–H groups in total. The lowest BCUT2D eigenvalue weighted by molar-refractivity contribution is 0.0531. The van der Waals surface area contributed by atoms with Crippen LogP contribution in [0.3, 0.4) is 0 Å². The SMILES string of the molecule is CCOC(CN)Cn1ncc(N(C)C)cc1=O. The Morgan fingerprint density at radius 3 is 2.76 bits per heavy atom. The van der Waals surface area contributed by atoms with Crippen LogP contribution in [0.2, 0.25) is 0 Å². The Kier molecular flexibility index (Phi) is 5.11. The summed E-state index contributed by atoms with van der Waals surface area (Å²) in [6.07, 6.45) is 1.48. The molecule has 0 radical (unpaired) electrons. The molecule has 6 heteroatoms. The van der Waals surface area contributed by atoms with Crippen molar-refractivity contribution >= 4 is 5.69 Å². The monoisotopic (exact) mass is 240 g/mol. The molecule has 0 aliphatic carbocycles. The van der Waals surface area contributed by atoms with Crippen molar-refractivity contribution < 1.29 is 4.74 Å². The molecule has 1 rings (SSSR count). The summed E-state index contributed by atoms with van der Waals surface area (Å²) in [7, 11) is 3.73. The molecule has 0 aliphatic rings. The van der Waals surface area contributed by atoms with Gasteiger partial charge in [-0.2, -0.15) is 5.10 Å². The Morgan fingerprint density at radius 2 is 2.29 bits per heavy atom. The lowest BCUT2D eigenvalue weighted by Crippen LogP contribution is -2.34. The average molecular weight is 240 g/mol. The predicted molar refractivity (Wildman–Crippen MR) is 67.3 cm³/mol. The molecule has 0 fully saturated rings.